The number of para-hydroxylation sites is 4. The Morgan fingerprint density at radius 3 is 0.910 bits per heavy atom. The molecule has 16 rings (SSSR count). The average molecular weight is 1150 g/mol. The molecule has 0 radical (unpaired) electrons. The van der Waals surface area contributed by atoms with Crippen molar-refractivity contribution < 1.29 is 0 Å². The van der Waals surface area contributed by atoms with Crippen LogP contribution in [0.1, 0.15) is 52.7 Å². The van der Waals surface area contributed by atoms with E-state index in [1.165, 1.54) is 54.9 Å². The summed E-state index contributed by atoms with van der Waals surface area (Å²) in [5.41, 5.74) is 22.0. The van der Waals surface area contributed by atoms with Gasteiger partial charge < -0.3 is 9.13 Å². The molecule has 4 heterocycles. The molecule has 89 heavy (non-hydrogen) atoms. The van der Waals surface area contributed by atoms with Crippen molar-refractivity contribution in [1.29, 1.82) is 0 Å². The van der Waals surface area contributed by atoms with E-state index in [0.29, 0.717) is 17.6 Å². The zero-order valence-electron chi connectivity index (χ0n) is 50.7. The second kappa shape index (κ2) is 20.9. The lowest BCUT2D eigenvalue weighted by molar-refractivity contribution is 0.590. The fourth-order valence-corrected chi connectivity index (χ4v) is 13.4. The number of fused-ring (bicyclic) bond motifs is 9. The summed E-state index contributed by atoms with van der Waals surface area (Å²) in [5.74, 6) is 1.62. The molecule has 4 aromatic heterocycles. The Morgan fingerprint density at radius 2 is 0.528 bits per heavy atom. The summed E-state index contributed by atoms with van der Waals surface area (Å²) >= 11 is 0. The van der Waals surface area contributed by atoms with Crippen molar-refractivity contribution in [2.45, 2.75) is 52.4 Å². The van der Waals surface area contributed by atoms with E-state index in [1.807, 2.05) is 0 Å². The van der Waals surface area contributed by atoms with Gasteiger partial charge in [0.25, 0.3) is 0 Å². The molecule has 6 heteroatoms. The molecule has 0 unspecified atom stereocenters. The maximum absolute atomic E-state index is 5.73. The van der Waals surface area contributed by atoms with E-state index < -0.39 is 0 Å². The first-order valence-corrected chi connectivity index (χ1v) is 30.8. The standard InChI is InChI=1S/C83H64N6/c1-82(2,3)61-41-33-55(34-42-61)59-39-47-77-69(51-59)70-52-60(56-35-43-62(44-36-56)83(4,5)6)40-48-78(70)89(77)81-85-79(65-27-15-19-31-73(65)87-71-29-17-13-25-63(71)67-49-57(37-45-75(67)87)53-21-9-7-10-22-53)84-80(86-81)66-28-16-20-32-74(66)88-72-30-18-14-26-64(72)68-50-58(38-46-76(68)88)54-23-11-8-12-24-54/h7-52H,1-6H3. The minimum absolute atomic E-state index is 0.0345. The highest BCUT2D eigenvalue weighted by atomic mass is 15.2. The highest BCUT2D eigenvalue weighted by Crippen LogP contribution is 2.43. The zero-order chi connectivity index (χ0) is 60.1. The van der Waals surface area contributed by atoms with Crippen LogP contribution in [-0.2, 0) is 10.8 Å². The molecule has 0 aliphatic carbocycles. The summed E-state index contributed by atoms with van der Waals surface area (Å²) in [5, 5.41) is 6.89. The predicted octanol–water partition coefficient (Wildman–Crippen LogP) is 21.8. The number of rotatable bonds is 9. The van der Waals surface area contributed by atoms with Gasteiger partial charge in [-0.15, -0.1) is 0 Å². The minimum Gasteiger partial charge on any atom is -0.309 e. The summed E-state index contributed by atoms with van der Waals surface area (Å²) in [4.78, 5) is 17.2. The predicted molar refractivity (Wildman–Crippen MR) is 373 cm³/mol. The molecule has 6 nitrogen and oxygen atoms in total. The van der Waals surface area contributed by atoms with Crippen LogP contribution in [0, 0.1) is 0 Å². The molecule has 0 fully saturated rings. The van der Waals surface area contributed by atoms with Crippen LogP contribution in [0.15, 0.2) is 279 Å². The highest BCUT2D eigenvalue weighted by molar-refractivity contribution is 6.14. The molecule has 0 saturated carbocycles. The van der Waals surface area contributed by atoms with Crippen LogP contribution in [0.4, 0.5) is 0 Å². The molecule has 0 atom stereocenters. The first-order valence-electron chi connectivity index (χ1n) is 30.8. The minimum atomic E-state index is 0.0345. The van der Waals surface area contributed by atoms with Gasteiger partial charge in [-0.2, -0.15) is 9.97 Å². The Balaban J connectivity index is 0.956. The average Bonchev–Trinajstić information content (AvgIpc) is 1.65. The van der Waals surface area contributed by atoms with Gasteiger partial charge in [0.05, 0.1) is 44.5 Å². The molecular weight excluding hydrogens is 1080 g/mol. The van der Waals surface area contributed by atoms with Gasteiger partial charge in [0.15, 0.2) is 11.6 Å². The highest BCUT2D eigenvalue weighted by Gasteiger charge is 2.25. The Labute approximate surface area is 518 Å². The monoisotopic (exact) mass is 1140 g/mol. The van der Waals surface area contributed by atoms with Crippen molar-refractivity contribution in [2.24, 2.45) is 0 Å². The van der Waals surface area contributed by atoms with Gasteiger partial charge >= 0.3 is 0 Å². The van der Waals surface area contributed by atoms with Gasteiger partial charge in [-0.05, 0) is 151 Å². The zero-order valence-corrected chi connectivity index (χ0v) is 50.7. The largest absolute Gasteiger partial charge is 0.309 e. The van der Waals surface area contributed by atoms with Gasteiger partial charge in [0.2, 0.25) is 5.95 Å². The third-order valence-electron chi connectivity index (χ3n) is 18.1. The lowest BCUT2D eigenvalue weighted by Crippen LogP contribution is -2.10. The molecule has 0 amide bonds. The Kier molecular flexibility index (Phi) is 12.6. The third-order valence-corrected chi connectivity index (χ3v) is 18.1. The topological polar surface area (TPSA) is 53.5 Å². The van der Waals surface area contributed by atoms with Crippen molar-refractivity contribution in [1.82, 2.24) is 28.7 Å². The molecule has 426 valence electrons. The SMILES string of the molecule is CC(C)(C)c1ccc(-c2ccc3c(c2)c2cc(-c4ccc(C(C)(C)C)cc4)ccc2n3-c2nc(-c3ccccc3-n3c4ccccc4c4cc(-c5ccccc5)ccc43)nc(-c3ccccc3-n3c4ccccc4c4cc(-c5ccccc5)ccc43)n2)cc1. The van der Waals surface area contributed by atoms with Crippen molar-refractivity contribution in [2.75, 3.05) is 0 Å². The van der Waals surface area contributed by atoms with Gasteiger partial charge in [0.1, 0.15) is 0 Å². The van der Waals surface area contributed by atoms with Crippen LogP contribution in [0.25, 0.3) is 150 Å². The summed E-state index contributed by atoms with van der Waals surface area (Å²) in [6.07, 6.45) is 0. The van der Waals surface area contributed by atoms with Crippen LogP contribution in [0.3, 0.4) is 0 Å². The van der Waals surface area contributed by atoms with E-state index in [4.69, 9.17) is 15.0 Å². The normalized spacial score (nSPS) is 12.2. The first kappa shape index (κ1) is 53.5. The Hall–Kier alpha value is -11.0. The van der Waals surface area contributed by atoms with E-state index in [0.717, 1.165) is 88.6 Å². The second-order valence-corrected chi connectivity index (χ2v) is 25.7. The van der Waals surface area contributed by atoms with Crippen LogP contribution < -0.4 is 0 Å². The lowest BCUT2D eigenvalue weighted by atomic mass is 9.86. The number of hydrogen-bond donors (Lipinski definition) is 0. The van der Waals surface area contributed by atoms with Crippen LogP contribution >= 0.6 is 0 Å². The van der Waals surface area contributed by atoms with Crippen LogP contribution in [-0.4, -0.2) is 28.7 Å². The van der Waals surface area contributed by atoms with Crippen molar-refractivity contribution in [3.8, 4) is 84.6 Å². The summed E-state index contributed by atoms with van der Waals surface area (Å²) in [7, 11) is 0. The maximum atomic E-state index is 5.73. The Morgan fingerprint density at radius 1 is 0.236 bits per heavy atom. The van der Waals surface area contributed by atoms with Crippen molar-refractivity contribution >= 4 is 65.4 Å². The number of nitrogens with zero attached hydrogens (tertiary/aromatic N) is 6. The van der Waals surface area contributed by atoms with Crippen LogP contribution in [0.5, 0.6) is 0 Å². The summed E-state index contributed by atoms with van der Waals surface area (Å²) < 4.78 is 7.04. The Bertz CT molecular complexity index is 5090. The van der Waals surface area contributed by atoms with E-state index in [9.17, 15) is 0 Å². The summed E-state index contributed by atoms with van der Waals surface area (Å²) in [6, 6.07) is 101. The summed E-state index contributed by atoms with van der Waals surface area (Å²) in [6.45, 7) is 13.6. The fraction of sp³-hybridized carbons (Fsp3) is 0.0964. The van der Waals surface area contributed by atoms with E-state index in [-0.39, 0.29) is 10.8 Å². The molecular formula is C83H64N6. The maximum Gasteiger partial charge on any atom is 0.238 e. The smallest absolute Gasteiger partial charge is 0.238 e. The molecule has 0 N–H and O–H groups in total. The number of benzene rings is 12. The second-order valence-electron chi connectivity index (χ2n) is 25.7. The molecule has 0 spiro atoms. The molecule has 0 aliphatic rings. The fourth-order valence-electron chi connectivity index (χ4n) is 13.4. The molecule has 16 aromatic rings. The quantitative estimate of drug-likeness (QED) is 0.145. The van der Waals surface area contributed by atoms with Gasteiger partial charge in [-0.3, -0.25) is 4.57 Å². The first-order chi connectivity index (χ1) is 43.4. The molecule has 12 aromatic carbocycles. The molecule has 0 saturated heterocycles. The van der Waals surface area contributed by atoms with E-state index >= 15 is 0 Å². The van der Waals surface area contributed by atoms with Gasteiger partial charge in [-0.25, -0.2) is 4.98 Å². The van der Waals surface area contributed by atoms with Crippen molar-refractivity contribution in [3.63, 3.8) is 0 Å². The van der Waals surface area contributed by atoms with Crippen LogP contribution in [0.2, 0.25) is 0 Å². The number of aromatic nitrogens is 6. The van der Waals surface area contributed by atoms with Gasteiger partial charge in [0, 0.05) is 43.4 Å². The molecule has 0 aliphatic heterocycles. The number of hydrogen-bond acceptors (Lipinski definition) is 3. The lowest BCUT2D eigenvalue weighted by Gasteiger charge is -2.19. The van der Waals surface area contributed by atoms with E-state index in [1.54, 1.807) is 0 Å². The van der Waals surface area contributed by atoms with Crippen molar-refractivity contribution in [3.05, 3.63) is 290 Å². The third kappa shape index (κ3) is 9.21. The van der Waals surface area contributed by atoms with Gasteiger partial charge in [-0.1, -0.05) is 236 Å². The van der Waals surface area contributed by atoms with E-state index in [2.05, 4.69) is 334 Å². The molecule has 0 bridgehead atoms.